The third-order valence-corrected chi connectivity index (χ3v) is 5.82. The van der Waals surface area contributed by atoms with Gasteiger partial charge in [0, 0.05) is 25.2 Å². The van der Waals surface area contributed by atoms with E-state index in [1.807, 2.05) is 6.07 Å². The second-order valence-corrected chi connectivity index (χ2v) is 7.57. The first-order valence-electron chi connectivity index (χ1n) is 7.61. The molecule has 2 aliphatic heterocycles. The van der Waals surface area contributed by atoms with Crippen molar-refractivity contribution < 1.29 is 13.2 Å². The number of carbonyl (C=O) groups excluding carboxylic acids is 1. The van der Waals surface area contributed by atoms with Gasteiger partial charge in [-0.1, -0.05) is 6.07 Å². The number of carbonyl (C=O) groups is 1. The van der Waals surface area contributed by atoms with Gasteiger partial charge in [0.15, 0.2) is 0 Å². The van der Waals surface area contributed by atoms with Gasteiger partial charge < -0.3 is 10.2 Å². The van der Waals surface area contributed by atoms with Crippen LogP contribution in [0.15, 0.2) is 23.1 Å². The largest absolute Gasteiger partial charge is 0.317 e. The van der Waals surface area contributed by atoms with Gasteiger partial charge in [0.25, 0.3) is 0 Å². The maximum absolute atomic E-state index is 12.5. The van der Waals surface area contributed by atoms with Gasteiger partial charge in [-0.15, -0.1) is 12.4 Å². The van der Waals surface area contributed by atoms with Crippen LogP contribution in [0.1, 0.15) is 25.3 Å². The molecule has 8 heteroatoms. The Balaban J connectivity index is 0.00000192. The fourth-order valence-electron chi connectivity index (χ4n) is 3.08. The van der Waals surface area contributed by atoms with Gasteiger partial charge in [0.05, 0.1) is 4.90 Å². The van der Waals surface area contributed by atoms with Crippen LogP contribution in [-0.2, 0) is 21.2 Å². The molecule has 0 atom stereocenters. The molecule has 0 unspecified atom stereocenters. The van der Waals surface area contributed by atoms with Crippen molar-refractivity contribution in [3.63, 3.8) is 0 Å². The second kappa shape index (κ2) is 7.17. The molecular weight excluding hydrogens is 338 g/mol. The average Bonchev–Trinajstić information content (AvgIpc) is 2.91. The summed E-state index contributed by atoms with van der Waals surface area (Å²) in [4.78, 5) is 13.5. The van der Waals surface area contributed by atoms with Crippen molar-refractivity contribution in [1.29, 1.82) is 0 Å². The fourth-order valence-corrected chi connectivity index (χ4v) is 4.41. The number of hydrogen-bond acceptors (Lipinski definition) is 4. The molecule has 3 rings (SSSR count). The van der Waals surface area contributed by atoms with Crippen LogP contribution in [0.5, 0.6) is 0 Å². The lowest BCUT2D eigenvalue weighted by atomic mass is 10.1. The van der Waals surface area contributed by atoms with Gasteiger partial charge in [-0.05, 0) is 50.0 Å². The van der Waals surface area contributed by atoms with Crippen molar-refractivity contribution >= 4 is 34.0 Å². The van der Waals surface area contributed by atoms with E-state index in [0.29, 0.717) is 6.54 Å². The minimum atomic E-state index is -3.55. The topological polar surface area (TPSA) is 78.5 Å². The van der Waals surface area contributed by atoms with Crippen LogP contribution in [0.2, 0.25) is 0 Å². The lowest BCUT2D eigenvalue weighted by Crippen LogP contribution is -2.42. The third kappa shape index (κ3) is 3.85. The number of benzene rings is 1. The minimum absolute atomic E-state index is 0. The zero-order chi connectivity index (χ0) is 15.7. The maximum atomic E-state index is 12.5. The molecule has 1 amide bonds. The Kier molecular flexibility index (Phi) is 5.67. The minimum Gasteiger partial charge on any atom is -0.317 e. The Morgan fingerprint density at radius 2 is 2.00 bits per heavy atom. The summed E-state index contributed by atoms with van der Waals surface area (Å²) in [6.07, 6.45) is 2.37. The lowest BCUT2D eigenvalue weighted by Gasteiger charge is -2.23. The van der Waals surface area contributed by atoms with E-state index >= 15 is 0 Å². The first-order chi connectivity index (χ1) is 10.5. The summed E-state index contributed by atoms with van der Waals surface area (Å²) in [6, 6.07) is 5.04. The molecule has 128 valence electrons. The highest BCUT2D eigenvalue weighted by Gasteiger charge is 2.26. The standard InChI is InChI=1S/C15H21N3O3S.ClH/c1-11(19)18-9-6-12-2-3-14(10-15(12)18)22(20,21)17-13-4-7-16-8-5-13;/h2-3,10,13,16-17H,4-9H2,1H3;1H. The van der Waals surface area contributed by atoms with Gasteiger partial charge in [-0.3, -0.25) is 4.79 Å². The molecule has 23 heavy (non-hydrogen) atoms. The van der Waals surface area contributed by atoms with E-state index in [4.69, 9.17) is 0 Å². The quantitative estimate of drug-likeness (QED) is 0.845. The summed E-state index contributed by atoms with van der Waals surface area (Å²) in [7, 11) is -3.55. The van der Waals surface area contributed by atoms with Crippen LogP contribution in [0.3, 0.4) is 0 Å². The van der Waals surface area contributed by atoms with Crippen LogP contribution in [0.25, 0.3) is 0 Å². The van der Waals surface area contributed by atoms with E-state index < -0.39 is 10.0 Å². The van der Waals surface area contributed by atoms with Crippen molar-refractivity contribution in [3.05, 3.63) is 23.8 Å². The van der Waals surface area contributed by atoms with Gasteiger partial charge in [0.2, 0.25) is 15.9 Å². The molecule has 0 aromatic heterocycles. The summed E-state index contributed by atoms with van der Waals surface area (Å²) in [5.74, 6) is -0.0559. The predicted octanol–water partition coefficient (Wildman–Crippen LogP) is 1.05. The second-order valence-electron chi connectivity index (χ2n) is 5.86. The molecule has 6 nitrogen and oxygen atoms in total. The van der Waals surface area contributed by atoms with E-state index in [-0.39, 0.29) is 29.3 Å². The van der Waals surface area contributed by atoms with Crippen LogP contribution >= 0.6 is 12.4 Å². The van der Waals surface area contributed by atoms with E-state index in [9.17, 15) is 13.2 Å². The molecule has 0 radical (unpaired) electrons. The summed E-state index contributed by atoms with van der Waals surface area (Å²) in [5.41, 5.74) is 1.75. The van der Waals surface area contributed by atoms with Crippen LogP contribution in [0, 0.1) is 0 Å². The lowest BCUT2D eigenvalue weighted by molar-refractivity contribution is -0.116. The Morgan fingerprint density at radius 3 is 2.65 bits per heavy atom. The monoisotopic (exact) mass is 359 g/mol. The van der Waals surface area contributed by atoms with Gasteiger partial charge in [-0.2, -0.15) is 0 Å². The molecule has 0 saturated carbocycles. The van der Waals surface area contributed by atoms with Crippen molar-refractivity contribution in [3.8, 4) is 0 Å². The van der Waals surface area contributed by atoms with Crippen LogP contribution in [0.4, 0.5) is 5.69 Å². The summed E-state index contributed by atoms with van der Waals surface area (Å²) in [5, 5.41) is 3.21. The normalized spacial score (nSPS) is 18.4. The van der Waals surface area contributed by atoms with Crippen LogP contribution in [-0.4, -0.2) is 40.0 Å². The number of rotatable bonds is 3. The first kappa shape index (κ1) is 18.2. The van der Waals surface area contributed by atoms with Crippen molar-refractivity contribution in [1.82, 2.24) is 10.0 Å². The molecule has 1 saturated heterocycles. The number of piperidine rings is 1. The van der Waals surface area contributed by atoms with Crippen molar-refractivity contribution in [2.45, 2.75) is 37.1 Å². The molecule has 0 bridgehead atoms. The molecule has 0 aliphatic carbocycles. The van der Waals surface area contributed by atoms with Crippen molar-refractivity contribution in [2.24, 2.45) is 0 Å². The molecule has 2 aliphatic rings. The maximum Gasteiger partial charge on any atom is 0.240 e. The number of fused-ring (bicyclic) bond motifs is 1. The first-order valence-corrected chi connectivity index (χ1v) is 9.10. The Bertz CT molecular complexity index is 687. The Labute approximate surface area is 143 Å². The molecule has 1 aromatic carbocycles. The number of anilines is 1. The molecule has 1 aromatic rings. The highest BCUT2D eigenvalue weighted by molar-refractivity contribution is 7.89. The van der Waals surface area contributed by atoms with E-state index in [1.54, 1.807) is 17.0 Å². The summed E-state index contributed by atoms with van der Waals surface area (Å²) >= 11 is 0. The summed E-state index contributed by atoms with van der Waals surface area (Å²) in [6.45, 7) is 3.78. The third-order valence-electron chi connectivity index (χ3n) is 4.30. The number of nitrogens with zero attached hydrogens (tertiary/aromatic N) is 1. The number of halogens is 1. The zero-order valence-corrected chi connectivity index (χ0v) is 14.7. The molecule has 0 spiro atoms. The number of amides is 1. The molecule has 2 heterocycles. The zero-order valence-electron chi connectivity index (χ0n) is 13.0. The van der Waals surface area contributed by atoms with Crippen molar-refractivity contribution in [2.75, 3.05) is 24.5 Å². The molecule has 1 fully saturated rings. The molecular formula is C15H22ClN3O3S. The average molecular weight is 360 g/mol. The molecule has 2 N–H and O–H groups in total. The fraction of sp³-hybridized carbons (Fsp3) is 0.533. The number of sulfonamides is 1. The van der Waals surface area contributed by atoms with Gasteiger partial charge >= 0.3 is 0 Å². The smallest absolute Gasteiger partial charge is 0.240 e. The Hall–Kier alpha value is -1.15. The van der Waals surface area contributed by atoms with E-state index in [2.05, 4.69) is 10.0 Å². The van der Waals surface area contributed by atoms with E-state index in [0.717, 1.165) is 43.6 Å². The Morgan fingerprint density at radius 1 is 1.30 bits per heavy atom. The van der Waals surface area contributed by atoms with Crippen LogP contribution < -0.4 is 14.9 Å². The van der Waals surface area contributed by atoms with Gasteiger partial charge in [0.1, 0.15) is 0 Å². The number of nitrogens with one attached hydrogen (secondary N) is 2. The number of hydrogen-bond donors (Lipinski definition) is 2. The summed E-state index contributed by atoms with van der Waals surface area (Å²) < 4.78 is 27.9. The highest BCUT2D eigenvalue weighted by Crippen LogP contribution is 2.30. The van der Waals surface area contributed by atoms with E-state index in [1.165, 1.54) is 6.92 Å². The predicted molar refractivity (Wildman–Crippen MR) is 91.6 cm³/mol. The van der Waals surface area contributed by atoms with Gasteiger partial charge in [-0.25, -0.2) is 13.1 Å². The highest BCUT2D eigenvalue weighted by atomic mass is 35.5. The SMILES string of the molecule is CC(=O)N1CCc2ccc(S(=O)(=O)NC3CCNCC3)cc21.Cl.